The molecule has 0 aliphatic carbocycles. The number of ether oxygens (including phenoxy) is 1. The van der Waals surface area contributed by atoms with Crippen LogP contribution in [0.25, 0.3) is 0 Å². The van der Waals surface area contributed by atoms with Gasteiger partial charge in [0.05, 0.1) is 11.3 Å². The van der Waals surface area contributed by atoms with Crippen LogP contribution >= 0.6 is 0 Å². The number of anilines is 2. The van der Waals surface area contributed by atoms with Crippen LogP contribution in [-0.4, -0.2) is 18.4 Å². The molecule has 2 aliphatic heterocycles. The summed E-state index contributed by atoms with van der Waals surface area (Å²) >= 11 is 0. The average Bonchev–Trinajstić information content (AvgIpc) is 2.54. The number of para-hydroxylation sites is 1. The average molecular weight is 309 g/mol. The van der Waals surface area contributed by atoms with Crippen LogP contribution in [0.3, 0.4) is 0 Å². The van der Waals surface area contributed by atoms with Crippen molar-refractivity contribution in [3.63, 3.8) is 0 Å². The van der Waals surface area contributed by atoms with Crippen molar-refractivity contribution >= 4 is 23.2 Å². The molecular weight excluding hydrogens is 294 g/mol. The molecule has 3 N–H and O–H groups in total. The zero-order valence-electron chi connectivity index (χ0n) is 12.5. The number of nitrogens with one attached hydrogen (secondary N) is 3. The summed E-state index contributed by atoms with van der Waals surface area (Å²) in [6.45, 7) is 1.90. The van der Waals surface area contributed by atoms with E-state index in [2.05, 4.69) is 16.0 Å². The van der Waals surface area contributed by atoms with Gasteiger partial charge in [-0.25, -0.2) is 0 Å². The second kappa shape index (κ2) is 4.74. The largest absolute Gasteiger partial charge is 0.482 e. The molecule has 0 saturated heterocycles. The van der Waals surface area contributed by atoms with Crippen molar-refractivity contribution in [3.05, 3.63) is 53.6 Å². The molecule has 0 fully saturated rings. The third kappa shape index (κ3) is 2.19. The summed E-state index contributed by atoms with van der Waals surface area (Å²) in [5.41, 5.74) is 2.04. The monoisotopic (exact) mass is 309 g/mol. The molecule has 4 rings (SSSR count). The van der Waals surface area contributed by atoms with Gasteiger partial charge in [0.1, 0.15) is 11.4 Å². The smallest absolute Gasteiger partial charge is 0.262 e. The van der Waals surface area contributed by atoms with E-state index in [4.69, 9.17) is 4.74 Å². The van der Waals surface area contributed by atoms with E-state index in [1.54, 1.807) is 12.1 Å². The Kier molecular flexibility index (Phi) is 2.81. The molecule has 2 aliphatic rings. The van der Waals surface area contributed by atoms with Crippen LogP contribution in [-0.2, 0) is 10.5 Å². The molecule has 23 heavy (non-hydrogen) atoms. The van der Waals surface area contributed by atoms with Gasteiger partial charge < -0.3 is 20.7 Å². The van der Waals surface area contributed by atoms with Crippen LogP contribution in [0.15, 0.2) is 42.5 Å². The maximum atomic E-state index is 12.4. The highest BCUT2D eigenvalue weighted by atomic mass is 16.5. The predicted molar refractivity (Wildman–Crippen MR) is 85.4 cm³/mol. The Labute approximate surface area is 132 Å². The van der Waals surface area contributed by atoms with Crippen LogP contribution in [0.5, 0.6) is 5.75 Å². The second-order valence-corrected chi connectivity index (χ2v) is 5.80. The van der Waals surface area contributed by atoms with Gasteiger partial charge in [0, 0.05) is 5.69 Å². The van der Waals surface area contributed by atoms with E-state index in [9.17, 15) is 9.59 Å². The Morgan fingerprint density at radius 2 is 1.87 bits per heavy atom. The predicted octanol–water partition coefficient (Wildman–Crippen LogP) is 2.05. The Hall–Kier alpha value is -3.02. The number of rotatable bonds is 1. The molecule has 2 heterocycles. The van der Waals surface area contributed by atoms with Crippen molar-refractivity contribution in [1.29, 1.82) is 0 Å². The maximum Gasteiger partial charge on any atom is 0.262 e. The standard InChI is InChI=1S/C17H15N3O3/c1-17(19-12-5-3-2-4-11(12)16(22)20-17)10-6-7-14-13(8-10)18-15(21)9-23-14/h2-8,19H,9H2,1H3,(H,18,21)(H,20,22)/t17-/m1/s1. The molecule has 0 saturated carbocycles. The zero-order valence-corrected chi connectivity index (χ0v) is 12.5. The second-order valence-electron chi connectivity index (χ2n) is 5.80. The summed E-state index contributed by atoms with van der Waals surface area (Å²) in [6.07, 6.45) is 0. The van der Waals surface area contributed by atoms with Crippen molar-refractivity contribution in [2.75, 3.05) is 17.2 Å². The summed E-state index contributed by atoms with van der Waals surface area (Å²) in [4.78, 5) is 23.9. The van der Waals surface area contributed by atoms with Gasteiger partial charge in [0.2, 0.25) is 0 Å². The SMILES string of the molecule is C[C@]1(c2ccc3c(c2)NC(=O)CO3)NC(=O)c2ccccc2N1. The summed E-state index contributed by atoms with van der Waals surface area (Å²) in [6, 6.07) is 12.8. The lowest BCUT2D eigenvalue weighted by Crippen LogP contribution is -2.52. The van der Waals surface area contributed by atoms with Gasteiger partial charge in [0.25, 0.3) is 11.8 Å². The summed E-state index contributed by atoms with van der Waals surface area (Å²) in [7, 11) is 0. The van der Waals surface area contributed by atoms with Crippen molar-refractivity contribution in [2.45, 2.75) is 12.6 Å². The number of hydrogen-bond acceptors (Lipinski definition) is 4. The minimum Gasteiger partial charge on any atom is -0.482 e. The van der Waals surface area contributed by atoms with E-state index in [1.165, 1.54) is 0 Å². The highest BCUT2D eigenvalue weighted by Crippen LogP contribution is 2.35. The fraction of sp³-hybridized carbons (Fsp3) is 0.176. The van der Waals surface area contributed by atoms with Gasteiger partial charge in [0.15, 0.2) is 6.61 Å². The van der Waals surface area contributed by atoms with Gasteiger partial charge in [-0.15, -0.1) is 0 Å². The molecule has 0 aromatic heterocycles. The number of amides is 2. The first-order chi connectivity index (χ1) is 11.0. The van der Waals surface area contributed by atoms with Crippen molar-refractivity contribution in [2.24, 2.45) is 0 Å². The Morgan fingerprint density at radius 3 is 2.74 bits per heavy atom. The van der Waals surface area contributed by atoms with Crippen LogP contribution in [0.1, 0.15) is 22.8 Å². The Bertz CT molecular complexity index is 834. The number of carbonyl (C=O) groups is 2. The van der Waals surface area contributed by atoms with E-state index in [0.29, 0.717) is 17.0 Å². The zero-order chi connectivity index (χ0) is 16.0. The third-order valence-corrected chi connectivity index (χ3v) is 4.11. The fourth-order valence-corrected chi connectivity index (χ4v) is 2.92. The van der Waals surface area contributed by atoms with Gasteiger partial charge in [-0.05, 0) is 36.8 Å². The fourth-order valence-electron chi connectivity index (χ4n) is 2.92. The lowest BCUT2D eigenvalue weighted by molar-refractivity contribution is -0.118. The molecule has 6 nitrogen and oxygen atoms in total. The number of carbonyl (C=O) groups excluding carboxylic acids is 2. The van der Waals surface area contributed by atoms with E-state index in [1.807, 2.05) is 37.3 Å². The molecule has 2 aromatic carbocycles. The van der Waals surface area contributed by atoms with Gasteiger partial charge in [-0.3, -0.25) is 9.59 Å². The van der Waals surface area contributed by atoms with Crippen molar-refractivity contribution < 1.29 is 14.3 Å². The van der Waals surface area contributed by atoms with Gasteiger partial charge in [-0.2, -0.15) is 0 Å². The third-order valence-electron chi connectivity index (χ3n) is 4.11. The van der Waals surface area contributed by atoms with Crippen LogP contribution in [0.4, 0.5) is 11.4 Å². The summed E-state index contributed by atoms with van der Waals surface area (Å²) in [5, 5.41) is 9.11. The first kappa shape index (κ1) is 13.6. The molecule has 116 valence electrons. The van der Waals surface area contributed by atoms with E-state index >= 15 is 0 Å². The lowest BCUT2D eigenvalue weighted by atomic mass is 9.95. The molecule has 1 atom stereocenters. The number of fused-ring (bicyclic) bond motifs is 2. The number of benzene rings is 2. The molecule has 0 unspecified atom stereocenters. The maximum absolute atomic E-state index is 12.4. The van der Waals surface area contributed by atoms with Crippen molar-refractivity contribution in [1.82, 2.24) is 5.32 Å². The van der Waals surface area contributed by atoms with Gasteiger partial charge >= 0.3 is 0 Å². The van der Waals surface area contributed by atoms with Crippen LogP contribution in [0, 0.1) is 0 Å². The highest BCUT2D eigenvalue weighted by Gasteiger charge is 2.35. The first-order valence-electron chi connectivity index (χ1n) is 7.32. The molecule has 2 amide bonds. The highest BCUT2D eigenvalue weighted by molar-refractivity contribution is 6.02. The molecule has 6 heteroatoms. The van der Waals surface area contributed by atoms with Gasteiger partial charge in [-0.1, -0.05) is 18.2 Å². The summed E-state index contributed by atoms with van der Waals surface area (Å²) in [5.74, 6) is 0.296. The van der Waals surface area contributed by atoms with E-state index in [0.717, 1.165) is 11.3 Å². The Morgan fingerprint density at radius 1 is 1.04 bits per heavy atom. The molecule has 2 aromatic rings. The molecule has 0 radical (unpaired) electrons. The minimum absolute atomic E-state index is 0.0198. The van der Waals surface area contributed by atoms with Crippen LogP contribution in [0.2, 0.25) is 0 Å². The number of hydrogen-bond donors (Lipinski definition) is 3. The minimum atomic E-state index is -0.775. The quantitative estimate of drug-likeness (QED) is 0.753. The molecule has 0 spiro atoms. The lowest BCUT2D eigenvalue weighted by Gasteiger charge is -2.38. The van der Waals surface area contributed by atoms with Crippen molar-refractivity contribution in [3.8, 4) is 5.75 Å². The normalized spacial score (nSPS) is 22.0. The molecular formula is C17H15N3O3. The topological polar surface area (TPSA) is 79.5 Å². The van der Waals surface area contributed by atoms with Crippen LogP contribution < -0.4 is 20.7 Å². The van der Waals surface area contributed by atoms with E-state index in [-0.39, 0.29) is 18.4 Å². The first-order valence-corrected chi connectivity index (χ1v) is 7.32. The summed E-state index contributed by atoms with van der Waals surface area (Å²) < 4.78 is 5.37. The van der Waals surface area contributed by atoms with E-state index < -0.39 is 5.66 Å². The molecule has 0 bridgehead atoms. The Balaban J connectivity index is 1.75.